The Morgan fingerprint density at radius 1 is 0.913 bits per heavy atom. The number of rotatable bonds is 5. The second kappa shape index (κ2) is 6.50. The second-order valence-electron chi connectivity index (χ2n) is 5.28. The van der Waals surface area contributed by atoms with E-state index in [0.29, 0.717) is 17.2 Å². The second-order valence-corrected chi connectivity index (χ2v) is 7.25. The highest BCUT2D eigenvalue weighted by atomic mass is 32.2. The summed E-state index contributed by atoms with van der Waals surface area (Å²) in [7, 11) is 0.841. The first-order chi connectivity index (χ1) is 10.8. The highest BCUT2D eigenvalue weighted by Crippen LogP contribution is 2.32. The molecule has 124 valence electrons. The number of anilines is 1. The van der Waals surface area contributed by atoms with Crippen LogP contribution in [0, 0.1) is 13.8 Å². The van der Waals surface area contributed by atoms with Crippen LogP contribution in [0.25, 0.3) is 0 Å². The summed E-state index contributed by atoms with van der Waals surface area (Å²) in [6.45, 7) is 3.81. The van der Waals surface area contributed by atoms with Crippen molar-refractivity contribution in [2.24, 2.45) is 0 Å². The topological polar surface area (TPSA) is 55.8 Å². The maximum absolute atomic E-state index is 12.9. The number of hydrogen-bond acceptors (Lipinski definition) is 4. The van der Waals surface area contributed by atoms with Crippen LogP contribution in [0.1, 0.15) is 11.1 Å². The average Bonchev–Trinajstić information content (AvgIpc) is 2.55. The van der Waals surface area contributed by atoms with Gasteiger partial charge >= 0.3 is 0 Å². The molecule has 2 aromatic rings. The van der Waals surface area contributed by atoms with Gasteiger partial charge in [0.05, 0.1) is 24.8 Å². The summed E-state index contributed by atoms with van der Waals surface area (Å²) in [5.74, 6) is 0.865. The van der Waals surface area contributed by atoms with E-state index in [1.54, 1.807) is 13.1 Å². The number of hydrogen-bond donors (Lipinski definition) is 0. The van der Waals surface area contributed by atoms with Gasteiger partial charge in [-0.3, -0.25) is 4.31 Å². The van der Waals surface area contributed by atoms with E-state index in [0.717, 1.165) is 11.1 Å². The molecule has 0 bridgehead atoms. The Morgan fingerprint density at radius 2 is 1.57 bits per heavy atom. The van der Waals surface area contributed by atoms with E-state index in [-0.39, 0.29) is 4.90 Å². The van der Waals surface area contributed by atoms with Crippen LogP contribution in [0.15, 0.2) is 41.3 Å². The van der Waals surface area contributed by atoms with Crippen LogP contribution >= 0.6 is 0 Å². The van der Waals surface area contributed by atoms with Crippen LogP contribution in [0.3, 0.4) is 0 Å². The predicted octanol–water partition coefficient (Wildman–Crippen LogP) is 3.15. The van der Waals surface area contributed by atoms with Gasteiger partial charge in [-0.2, -0.15) is 0 Å². The summed E-state index contributed by atoms with van der Waals surface area (Å²) in [6, 6.07) is 10.3. The zero-order valence-corrected chi connectivity index (χ0v) is 14.8. The first kappa shape index (κ1) is 17.1. The van der Waals surface area contributed by atoms with Crippen molar-refractivity contribution in [1.29, 1.82) is 0 Å². The van der Waals surface area contributed by atoms with E-state index in [1.165, 1.54) is 30.7 Å². The maximum atomic E-state index is 12.9. The van der Waals surface area contributed by atoms with Gasteiger partial charge in [0.1, 0.15) is 0 Å². The average molecular weight is 335 g/mol. The lowest BCUT2D eigenvalue weighted by atomic mass is 10.1. The minimum absolute atomic E-state index is 0.151. The molecule has 0 unspecified atom stereocenters. The normalized spacial score (nSPS) is 11.2. The van der Waals surface area contributed by atoms with Gasteiger partial charge in [0.25, 0.3) is 10.0 Å². The first-order valence-electron chi connectivity index (χ1n) is 7.09. The largest absolute Gasteiger partial charge is 0.493 e. The van der Waals surface area contributed by atoms with Crippen LogP contribution in [0.2, 0.25) is 0 Å². The quantitative estimate of drug-likeness (QED) is 0.842. The third-order valence-electron chi connectivity index (χ3n) is 3.72. The smallest absolute Gasteiger partial charge is 0.264 e. The fraction of sp³-hybridized carbons (Fsp3) is 0.294. The van der Waals surface area contributed by atoms with E-state index in [1.807, 2.05) is 32.0 Å². The van der Waals surface area contributed by atoms with Crippen molar-refractivity contribution < 1.29 is 17.9 Å². The van der Waals surface area contributed by atoms with Crippen LogP contribution in [0.4, 0.5) is 5.69 Å². The van der Waals surface area contributed by atoms with Gasteiger partial charge in [0.15, 0.2) is 11.5 Å². The minimum atomic E-state index is -3.69. The molecular weight excluding hydrogens is 314 g/mol. The highest BCUT2D eigenvalue weighted by Gasteiger charge is 2.24. The molecule has 5 nitrogen and oxygen atoms in total. The fourth-order valence-electron chi connectivity index (χ4n) is 2.32. The van der Waals surface area contributed by atoms with Crippen LogP contribution in [-0.4, -0.2) is 29.7 Å². The van der Waals surface area contributed by atoms with Crippen molar-refractivity contribution in [2.75, 3.05) is 25.6 Å². The van der Waals surface area contributed by atoms with Gasteiger partial charge in [-0.05, 0) is 43.2 Å². The lowest BCUT2D eigenvalue weighted by molar-refractivity contribution is 0.354. The van der Waals surface area contributed by atoms with E-state index in [2.05, 4.69) is 0 Å². The maximum Gasteiger partial charge on any atom is 0.264 e. The van der Waals surface area contributed by atoms with Gasteiger partial charge in [0.2, 0.25) is 0 Å². The monoisotopic (exact) mass is 335 g/mol. The Balaban J connectivity index is 2.51. The molecule has 2 aromatic carbocycles. The predicted molar refractivity (Wildman–Crippen MR) is 91.1 cm³/mol. The zero-order valence-electron chi connectivity index (χ0n) is 14.0. The molecule has 0 N–H and O–H groups in total. The summed E-state index contributed by atoms with van der Waals surface area (Å²) >= 11 is 0. The van der Waals surface area contributed by atoms with Gasteiger partial charge in [-0.1, -0.05) is 12.1 Å². The van der Waals surface area contributed by atoms with Crippen molar-refractivity contribution >= 4 is 15.7 Å². The summed E-state index contributed by atoms with van der Waals surface area (Å²) in [5, 5.41) is 0. The third kappa shape index (κ3) is 3.27. The SMILES string of the molecule is COc1ccc(S(=O)(=O)N(C)c2cc(C)ccc2C)cc1OC. The Labute approximate surface area is 137 Å². The molecule has 0 saturated carbocycles. The van der Waals surface area contributed by atoms with Crippen LogP contribution < -0.4 is 13.8 Å². The molecule has 0 aromatic heterocycles. The van der Waals surface area contributed by atoms with Gasteiger partial charge in [0, 0.05) is 13.1 Å². The molecule has 0 aliphatic heterocycles. The Kier molecular flexibility index (Phi) is 4.85. The molecule has 6 heteroatoms. The highest BCUT2D eigenvalue weighted by molar-refractivity contribution is 7.92. The first-order valence-corrected chi connectivity index (χ1v) is 8.53. The number of ether oxygens (including phenoxy) is 2. The molecule has 0 atom stereocenters. The van der Waals surface area contributed by atoms with E-state index in [9.17, 15) is 8.42 Å². The van der Waals surface area contributed by atoms with E-state index < -0.39 is 10.0 Å². The minimum Gasteiger partial charge on any atom is -0.493 e. The molecule has 0 amide bonds. The number of methoxy groups -OCH3 is 2. The number of benzene rings is 2. The number of nitrogens with zero attached hydrogens (tertiary/aromatic N) is 1. The van der Waals surface area contributed by atoms with Gasteiger partial charge in [-0.15, -0.1) is 0 Å². The van der Waals surface area contributed by atoms with Crippen molar-refractivity contribution in [1.82, 2.24) is 0 Å². The molecule has 0 radical (unpaired) electrons. The Hall–Kier alpha value is -2.21. The van der Waals surface area contributed by atoms with Gasteiger partial charge < -0.3 is 9.47 Å². The van der Waals surface area contributed by atoms with E-state index >= 15 is 0 Å². The molecule has 23 heavy (non-hydrogen) atoms. The molecule has 0 fully saturated rings. The molecule has 0 saturated heterocycles. The fourth-order valence-corrected chi connectivity index (χ4v) is 3.59. The Bertz CT molecular complexity index is 815. The lowest BCUT2D eigenvalue weighted by Crippen LogP contribution is -2.27. The molecular formula is C17H21NO4S. The van der Waals surface area contributed by atoms with Crippen molar-refractivity contribution in [3.8, 4) is 11.5 Å². The number of sulfonamides is 1. The zero-order chi connectivity index (χ0) is 17.2. The standard InChI is InChI=1S/C17H21NO4S/c1-12-6-7-13(2)15(10-12)18(3)23(19,20)14-8-9-16(21-4)17(11-14)22-5/h6-11H,1-5H3. The molecule has 2 rings (SSSR count). The summed E-state index contributed by atoms with van der Waals surface area (Å²) in [5.41, 5.74) is 2.54. The number of aryl methyl sites for hydroxylation is 2. The van der Waals surface area contributed by atoms with Crippen LogP contribution in [-0.2, 0) is 10.0 Å². The summed E-state index contributed by atoms with van der Waals surface area (Å²) < 4.78 is 37.4. The van der Waals surface area contributed by atoms with Crippen molar-refractivity contribution in [3.63, 3.8) is 0 Å². The van der Waals surface area contributed by atoms with E-state index in [4.69, 9.17) is 9.47 Å². The van der Waals surface area contributed by atoms with Crippen LogP contribution in [0.5, 0.6) is 11.5 Å². The van der Waals surface area contributed by atoms with Crippen molar-refractivity contribution in [2.45, 2.75) is 18.7 Å². The Morgan fingerprint density at radius 3 is 2.17 bits per heavy atom. The molecule has 0 aliphatic rings. The summed E-state index contributed by atoms with van der Waals surface area (Å²) in [6.07, 6.45) is 0. The lowest BCUT2D eigenvalue weighted by Gasteiger charge is -2.22. The third-order valence-corrected chi connectivity index (χ3v) is 5.48. The van der Waals surface area contributed by atoms with Gasteiger partial charge in [-0.25, -0.2) is 8.42 Å². The van der Waals surface area contributed by atoms with Crippen molar-refractivity contribution in [3.05, 3.63) is 47.5 Å². The molecule has 0 aliphatic carbocycles. The molecule has 0 heterocycles. The summed E-state index contributed by atoms with van der Waals surface area (Å²) in [4.78, 5) is 0.151. The molecule has 0 spiro atoms.